The molecule has 0 N–H and O–H groups in total. The second-order valence-corrected chi connectivity index (χ2v) is 8.83. The van der Waals surface area contributed by atoms with E-state index in [0.29, 0.717) is 12.6 Å². The molecule has 0 saturated carbocycles. The van der Waals surface area contributed by atoms with Gasteiger partial charge in [0.1, 0.15) is 0 Å². The van der Waals surface area contributed by atoms with E-state index in [1.165, 1.54) is 45.1 Å². The van der Waals surface area contributed by atoms with Crippen molar-refractivity contribution in [2.75, 3.05) is 13.6 Å². The average molecular weight is 423 g/mol. The highest BCUT2D eigenvalue weighted by molar-refractivity contribution is 6.08. The van der Waals surface area contributed by atoms with Crippen molar-refractivity contribution >= 4 is 21.8 Å². The molecule has 6 heteroatoms. The Kier molecular flexibility index (Phi) is 4.80. The molecule has 0 saturated heterocycles. The minimum Gasteiger partial charge on any atom is -0.335 e. The SMILES string of the molecule is CN(Cc1nccc2c3ccccc3n(CC3=CN=NC3)c12)[C@H]1CCCc2cccnc21. The Morgan fingerprint density at radius 3 is 2.88 bits per heavy atom. The lowest BCUT2D eigenvalue weighted by atomic mass is 9.91. The summed E-state index contributed by atoms with van der Waals surface area (Å²) in [7, 11) is 2.21. The van der Waals surface area contributed by atoms with Crippen molar-refractivity contribution < 1.29 is 0 Å². The van der Waals surface area contributed by atoms with E-state index >= 15 is 0 Å². The highest BCUT2D eigenvalue weighted by Gasteiger charge is 2.26. The maximum atomic E-state index is 4.88. The summed E-state index contributed by atoms with van der Waals surface area (Å²) in [6.07, 6.45) is 9.23. The largest absolute Gasteiger partial charge is 0.335 e. The lowest BCUT2D eigenvalue weighted by Gasteiger charge is -2.32. The summed E-state index contributed by atoms with van der Waals surface area (Å²) >= 11 is 0. The lowest BCUT2D eigenvalue weighted by molar-refractivity contribution is 0.207. The molecule has 160 valence electrons. The number of azo groups is 1. The fraction of sp³-hybridized carbons (Fsp3) is 0.308. The smallest absolute Gasteiger partial charge is 0.0849 e. The number of nitrogens with zero attached hydrogens (tertiary/aromatic N) is 6. The summed E-state index contributed by atoms with van der Waals surface area (Å²) < 4.78 is 2.40. The van der Waals surface area contributed by atoms with Gasteiger partial charge in [0, 0.05) is 41.8 Å². The Hall–Kier alpha value is -3.38. The maximum Gasteiger partial charge on any atom is 0.0849 e. The van der Waals surface area contributed by atoms with Gasteiger partial charge in [-0.15, -0.1) is 0 Å². The predicted molar refractivity (Wildman–Crippen MR) is 126 cm³/mol. The molecule has 0 amide bonds. The van der Waals surface area contributed by atoms with Crippen molar-refractivity contribution in [3.63, 3.8) is 0 Å². The third-order valence-electron chi connectivity index (χ3n) is 6.81. The first-order chi connectivity index (χ1) is 15.8. The fourth-order valence-electron chi connectivity index (χ4n) is 5.30. The minimum atomic E-state index is 0.324. The number of pyridine rings is 2. The van der Waals surface area contributed by atoms with Gasteiger partial charge in [-0.05, 0) is 55.6 Å². The number of hydrogen-bond acceptors (Lipinski definition) is 5. The molecule has 0 bridgehead atoms. The van der Waals surface area contributed by atoms with E-state index < -0.39 is 0 Å². The van der Waals surface area contributed by atoms with Gasteiger partial charge < -0.3 is 4.57 Å². The van der Waals surface area contributed by atoms with Crippen molar-refractivity contribution in [2.24, 2.45) is 10.2 Å². The number of para-hydroxylation sites is 1. The average Bonchev–Trinajstić information content (AvgIpc) is 3.46. The molecule has 4 aromatic rings. The lowest BCUT2D eigenvalue weighted by Crippen LogP contribution is -2.29. The number of rotatable bonds is 5. The summed E-state index contributed by atoms with van der Waals surface area (Å²) in [5, 5.41) is 10.8. The molecule has 4 heterocycles. The van der Waals surface area contributed by atoms with Crippen LogP contribution in [-0.2, 0) is 19.5 Å². The normalized spacial score (nSPS) is 17.9. The molecule has 32 heavy (non-hydrogen) atoms. The Morgan fingerprint density at radius 1 is 1.03 bits per heavy atom. The van der Waals surface area contributed by atoms with Crippen LogP contribution in [0, 0.1) is 0 Å². The molecule has 0 radical (unpaired) electrons. The maximum absolute atomic E-state index is 4.88. The molecule has 1 aliphatic carbocycles. The first-order valence-electron chi connectivity index (χ1n) is 11.3. The Morgan fingerprint density at radius 2 is 1.97 bits per heavy atom. The van der Waals surface area contributed by atoms with Crippen LogP contribution in [0.15, 0.2) is 76.9 Å². The van der Waals surface area contributed by atoms with Crippen molar-refractivity contribution in [3.05, 3.63) is 83.6 Å². The van der Waals surface area contributed by atoms with Crippen LogP contribution in [0.3, 0.4) is 0 Å². The molecule has 0 spiro atoms. The van der Waals surface area contributed by atoms with E-state index in [-0.39, 0.29) is 0 Å². The van der Waals surface area contributed by atoms with E-state index in [1.807, 2.05) is 18.6 Å². The van der Waals surface area contributed by atoms with Gasteiger partial charge >= 0.3 is 0 Å². The van der Waals surface area contributed by atoms with Crippen molar-refractivity contribution in [2.45, 2.75) is 38.4 Å². The quantitative estimate of drug-likeness (QED) is 0.430. The predicted octanol–water partition coefficient (Wildman–Crippen LogP) is 5.44. The monoisotopic (exact) mass is 422 g/mol. The van der Waals surface area contributed by atoms with Crippen LogP contribution in [0.1, 0.15) is 35.8 Å². The van der Waals surface area contributed by atoms with E-state index in [2.05, 4.69) is 69.2 Å². The van der Waals surface area contributed by atoms with Crippen molar-refractivity contribution in [1.29, 1.82) is 0 Å². The van der Waals surface area contributed by atoms with E-state index in [9.17, 15) is 0 Å². The van der Waals surface area contributed by atoms with Crippen LogP contribution in [0.2, 0.25) is 0 Å². The summed E-state index contributed by atoms with van der Waals surface area (Å²) in [4.78, 5) is 12.1. The van der Waals surface area contributed by atoms with Crippen LogP contribution in [0.25, 0.3) is 21.8 Å². The van der Waals surface area contributed by atoms with Gasteiger partial charge in [0.15, 0.2) is 0 Å². The van der Waals surface area contributed by atoms with Gasteiger partial charge in [0.05, 0.1) is 35.7 Å². The second-order valence-electron chi connectivity index (χ2n) is 8.83. The van der Waals surface area contributed by atoms with Gasteiger partial charge in [-0.3, -0.25) is 14.9 Å². The first kappa shape index (κ1) is 19.3. The summed E-state index contributed by atoms with van der Waals surface area (Å²) in [5.41, 5.74) is 7.39. The number of hydrogen-bond donors (Lipinski definition) is 0. The van der Waals surface area contributed by atoms with Crippen molar-refractivity contribution in [3.8, 4) is 0 Å². The van der Waals surface area contributed by atoms with E-state index in [1.54, 1.807) is 0 Å². The zero-order chi connectivity index (χ0) is 21.5. The zero-order valence-electron chi connectivity index (χ0n) is 18.3. The molecule has 6 nitrogen and oxygen atoms in total. The fourth-order valence-corrected chi connectivity index (χ4v) is 5.30. The Bertz CT molecular complexity index is 1370. The molecule has 0 fully saturated rings. The third kappa shape index (κ3) is 3.22. The van der Waals surface area contributed by atoms with Crippen LogP contribution >= 0.6 is 0 Å². The minimum absolute atomic E-state index is 0.324. The van der Waals surface area contributed by atoms with E-state index in [4.69, 9.17) is 9.97 Å². The summed E-state index contributed by atoms with van der Waals surface area (Å²) in [5.74, 6) is 0. The zero-order valence-corrected chi connectivity index (χ0v) is 18.3. The van der Waals surface area contributed by atoms with Crippen molar-refractivity contribution in [1.82, 2.24) is 19.4 Å². The molecule has 0 unspecified atom stereocenters. The van der Waals surface area contributed by atoms with Gasteiger partial charge in [-0.1, -0.05) is 24.3 Å². The van der Waals surface area contributed by atoms with Gasteiger partial charge in [-0.25, -0.2) is 0 Å². The van der Waals surface area contributed by atoms with Gasteiger partial charge in [0.25, 0.3) is 0 Å². The van der Waals surface area contributed by atoms with Crippen LogP contribution in [-0.4, -0.2) is 33.0 Å². The number of benzene rings is 1. The highest BCUT2D eigenvalue weighted by atomic mass is 15.2. The second kappa shape index (κ2) is 7.95. The molecular weight excluding hydrogens is 396 g/mol. The number of aryl methyl sites for hydroxylation is 1. The molecular formula is C26H26N6. The third-order valence-corrected chi connectivity index (χ3v) is 6.81. The Balaban J connectivity index is 1.43. The standard InChI is InChI=1S/C26H26N6/c1-31(24-10-4-6-19-7-5-12-28-25(19)24)17-22-26-21(11-13-27-22)20-8-2-3-9-23(20)32(26)16-18-14-29-30-15-18/h2-3,5,7-9,11-14,24H,4,6,10,15-17H2,1H3/t24-/m0/s1. The van der Waals surface area contributed by atoms with Crippen LogP contribution < -0.4 is 0 Å². The molecule has 6 rings (SSSR count). The molecule has 1 aliphatic heterocycles. The Labute approximate surface area is 187 Å². The number of fused-ring (bicyclic) bond motifs is 4. The topological polar surface area (TPSA) is 58.7 Å². The molecule has 2 aliphatic rings. The highest BCUT2D eigenvalue weighted by Crippen LogP contribution is 2.35. The molecule has 1 atom stereocenters. The molecule has 3 aromatic heterocycles. The van der Waals surface area contributed by atoms with Gasteiger partial charge in [-0.2, -0.15) is 10.2 Å². The summed E-state index contributed by atoms with van der Waals surface area (Å²) in [6, 6.07) is 15.4. The van der Waals surface area contributed by atoms with E-state index in [0.717, 1.165) is 31.6 Å². The van der Waals surface area contributed by atoms with Crippen LogP contribution in [0.4, 0.5) is 0 Å². The van der Waals surface area contributed by atoms with Gasteiger partial charge in [0.2, 0.25) is 0 Å². The number of aromatic nitrogens is 3. The first-order valence-corrected chi connectivity index (χ1v) is 11.3. The summed E-state index contributed by atoms with van der Waals surface area (Å²) in [6.45, 7) is 2.24. The molecule has 1 aromatic carbocycles. The van der Waals surface area contributed by atoms with Crippen LogP contribution in [0.5, 0.6) is 0 Å².